The molecule has 12 heteroatoms. The summed E-state index contributed by atoms with van der Waals surface area (Å²) in [5, 5.41) is 2.92. The van der Waals surface area contributed by atoms with Crippen LogP contribution in [0.15, 0.2) is 35.7 Å². The molecule has 32 heavy (non-hydrogen) atoms. The van der Waals surface area contributed by atoms with Gasteiger partial charge in [-0.2, -0.15) is 17.5 Å². The number of nitrogens with zero attached hydrogens (tertiary/aromatic N) is 3. The number of aromatic nitrogens is 2. The van der Waals surface area contributed by atoms with Gasteiger partial charge in [0.1, 0.15) is 5.82 Å². The summed E-state index contributed by atoms with van der Waals surface area (Å²) < 4.78 is 87.9. The summed E-state index contributed by atoms with van der Waals surface area (Å²) in [6.07, 6.45) is 0.289. The monoisotopic (exact) mass is 476 g/mol. The summed E-state index contributed by atoms with van der Waals surface area (Å²) in [7, 11) is -2.23. The van der Waals surface area contributed by atoms with E-state index in [9.17, 15) is 26.0 Å². The van der Waals surface area contributed by atoms with Crippen LogP contribution < -0.4 is 5.32 Å². The molecule has 1 N–H and O–H groups in total. The molecule has 176 valence electrons. The van der Waals surface area contributed by atoms with E-state index in [1.807, 2.05) is 0 Å². The lowest BCUT2D eigenvalue weighted by Gasteiger charge is -2.31. The van der Waals surface area contributed by atoms with Crippen LogP contribution in [0, 0.1) is 11.7 Å². The topological polar surface area (TPSA) is 76.5 Å². The molecule has 1 aromatic heterocycles. The van der Waals surface area contributed by atoms with E-state index in [1.165, 1.54) is 27.5 Å². The third-order valence-electron chi connectivity index (χ3n) is 5.93. The van der Waals surface area contributed by atoms with Crippen molar-refractivity contribution >= 4 is 15.7 Å². The molecular formula is C20H24F4N4O3S. The Bertz CT molecular complexity index is 1070. The van der Waals surface area contributed by atoms with Gasteiger partial charge in [-0.1, -0.05) is 0 Å². The van der Waals surface area contributed by atoms with E-state index in [-0.39, 0.29) is 35.8 Å². The maximum atomic E-state index is 13.7. The summed E-state index contributed by atoms with van der Waals surface area (Å²) >= 11 is 0. The Morgan fingerprint density at radius 1 is 1.22 bits per heavy atom. The SMILES string of the molecule is Cn1cnc(S(=O)(=O)N2C[C@@H](Nc3ccc(F)c(C(F)(F)F)c3)[C@H](C3CCCCO3)C2)c1. The van der Waals surface area contributed by atoms with Crippen LogP contribution in [0.5, 0.6) is 0 Å². The first-order valence-electron chi connectivity index (χ1n) is 10.3. The molecule has 3 atom stereocenters. The first-order chi connectivity index (χ1) is 15.1. The molecule has 2 aliphatic heterocycles. The van der Waals surface area contributed by atoms with Gasteiger partial charge in [0.05, 0.1) is 18.0 Å². The molecule has 0 spiro atoms. The van der Waals surface area contributed by atoms with Gasteiger partial charge in [0.25, 0.3) is 10.0 Å². The molecule has 1 aromatic carbocycles. The second-order valence-corrected chi connectivity index (χ2v) is 10.1. The van der Waals surface area contributed by atoms with E-state index in [4.69, 9.17) is 4.74 Å². The summed E-state index contributed by atoms with van der Waals surface area (Å²) in [4.78, 5) is 3.94. The molecule has 0 aliphatic carbocycles. The Balaban J connectivity index is 1.61. The molecule has 2 aliphatic rings. The number of nitrogens with one attached hydrogen (secondary N) is 1. The Morgan fingerprint density at radius 3 is 2.62 bits per heavy atom. The molecule has 0 radical (unpaired) electrons. The smallest absolute Gasteiger partial charge is 0.381 e. The van der Waals surface area contributed by atoms with Gasteiger partial charge < -0.3 is 14.6 Å². The predicted molar refractivity (Wildman–Crippen MR) is 108 cm³/mol. The Kier molecular flexibility index (Phi) is 6.21. The van der Waals surface area contributed by atoms with Gasteiger partial charge in [0, 0.05) is 50.6 Å². The van der Waals surface area contributed by atoms with Gasteiger partial charge in [-0.3, -0.25) is 0 Å². The molecule has 0 saturated carbocycles. The fourth-order valence-corrected chi connectivity index (χ4v) is 5.79. The van der Waals surface area contributed by atoms with E-state index in [0.717, 1.165) is 25.3 Å². The number of aryl methyl sites for hydroxylation is 1. The van der Waals surface area contributed by atoms with Crippen LogP contribution in [-0.4, -0.2) is 54.1 Å². The lowest BCUT2D eigenvalue weighted by atomic mass is 9.91. The standard InChI is InChI=1S/C20H24F4N4O3S/c1-27-11-19(25-12-27)32(29,30)28-9-14(18-4-2-3-7-31-18)17(10-28)26-13-5-6-16(21)15(8-13)20(22,23)24/h5-6,8,11-12,14,17-18,26H,2-4,7,9-10H2,1H3/t14-,17-,18?/m1/s1. The van der Waals surface area contributed by atoms with Crippen LogP contribution in [0.25, 0.3) is 0 Å². The van der Waals surface area contributed by atoms with Crippen molar-refractivity contribution < 1.29 is 30.7 Å². The highest BCUT2D eigenvalue weighted by molar-refractivity contribution is 7.89. The van der Waals surface area contributed by atoms with Gasteiger partial charge in [-0.15, -0.1) is 0 Å². The highest BCUT2D eigenvalue weighted by Gasteiger charge is 2.44. The number of hydrogen-bond acceptors (Lipinski definition) is 5. The van der Waals surface area contributed by atoms with Crippen LogP contribution >= 0.6 is 0 Å². The molecule has 7 nitrogen and oxygen atoms in total. The van der Waals surface area contributed by atoms with Gasteiger partial charge in [0.15, 0.2) is 5.03 Å². The minimum absolute atomic E-state index is 0.0299. The number of anilines is 1. The normalized spacial score (nSPS) is 25.2. The average molecular weight is 476 g/mol. The Labute approximate surface area is 183 Å². The molecular weight excluding hydrogens is 452 g/mol. The second-order valence-electron chi connectivity index (χ2n) is 8.21. The molecule has 2 saturated heterocycles. The highest BCUT2D eigenvalue weighted by atomic mass is 32.2. The third-order valence-corrected chi connectivity index (χ3v) is 7.65. The third kappa shape index (κ3) is 4.62. The molecule has 4 rings (SSSR count). The zero-order chi connectivity index (χ0) is 23.1. The first-order valence-corrected chi connectivity index (χ1v) is 11.7. The van der Waals surface area contributed by atoms with Crippen LogP contribution in [-0.2, 0) is 28.0 Å². The number of ether oxygens (including phenoxy) is 1. The van der Waals surface area contributed by atoms with E-state index < -0.39 is 33.6 Å². The summed E-state index contributed by atoms with van der Waals surface area (Å²) in [6.45, 7) is 0.729. The van der Waals surface area contributed by atoms with Gasteiger partial charge in [0.2, 0.25) is 0 Å². The van der Waals surface area contributed by atoms with Gasteiger partial charge >= 0.3 is 6.18 Å². The van der Waals surface area contributed by atoms with E-state index in [0.29, 0.717) is 12.7 Å². The number of hydrogen-bond donors (Lipinski definition) is 1. The number of alkyl halides is 3. The lowest BCUT2D eigenvalue weighted by molar-refractivity contribution is -0.139. The fourth-order valence-electron chi connectivity index (χ4n) is 4.32. The molecule has 3 heterocycles. The zero-order valence-electron chi connectivity index (χ0n) is 17.3. The van der Waals surface area contributed by atoms with Crippen LogP contribution in [0.4, 0.5) is 23.2 Å². The van der Waals surface area contributed by atoms with Crippen molar-refractivity contribution in [3.8, 4) is 0 Å². The minimum atomic E-state index is -4.84. The maximum absolute atomic E-state index is 13.7. The van der Waals surface area contributed by atoms with Crippen molar-refractivity contribution in [1.82, 2.24) is 13.9 Å². The summed E-state index contributed by atoms with van der Waals surface area (Å²) in [5.41, 5.74) is -1.30. The van der Waals surface area contributed by atoms with E-state index in [2.05, 4.69) is 10.3 Å². The van der Waals surface area contributed by atoms with Crippen molar-refractivity contribution in [2.45, 2.75) is 42.6 Å². The lowest BCUT2D eigenvalue weighted by Crippen LogP contribution is -2.39. The van der Waals surface area contributed by atoms with Crippen LogP contribution in [0.3, 0.4) is 0 Å². The number of halogens is 4. The number of sulfonamides is 1. The highest BCUT2D eigenvalue weighted by Crippen LogP contribution is 2.36. The fraction of sp³-hybridized carbons (Fsp3) is 0.550. The Hall–Kier alpha value is -2.18. The minimum Gasteiger partial charge on any atom is -0.381 e. The molecule has 0 bridgehead atoms. The van der Waals surface area contributed by atoms with E-state index >= 15 is 0 Å². The summed E-state index contributed by atoms with van der Waals surface area (Å²) in [6, 6.07) is 2.18. The van der Waals surface area contributed by atoms with Gasteiger partial charge in [-0.05, 0) is 37.5 Å². The molecule has 1 unspecified atom stereocenters. The van der Waals surface area contributed by atoms with Crippen molar-refractivity contribution in [2.75, 3.05) is 25.0 Å². The molecule has 2 fully saturated rings. The van der Waals surface area contributed by atoms with Crippen molar-refractivity contribution in [3.63, 3.8) is 0 Å². The molecule has 2 aromatic rings. The zero-order valence-corrected chi connectivity index (χ0v) is 18.2. The predicted octanol–water partition coefficient (Wildman–Crippen LogP) is 3.25. The quantitative estimate of drug-likeness (QED) is 0.671. The number of imidazole rings is 1. The van der Waals surface area contributed by atoms with Crippen LogP contribution in [0.2, 0.25) is 0 Å². The number of rotatable bonds is 5. The van der Waals surface area contributed by atoms with E-state index in [1.54, 1.807) is 7.05 Å². The van der Waals surface area contributed by atoms with Crippen molar-refractivity contribution in [2.24, 2.45) is 13.0 Å². The Morgan fingerprint density at radius 2 is 2.00 bits per heavy atom. The van der Waals surface area contributed by atoms with Crippen LogP contribution in [0.1, 0.15) is 24.8 Å². The number of benzene rings is 1. The first kappa shape index (κ1) is 23.0. The van der Waals surface area contributed by atoms with Crippen molar-refractivity contribution in [3.05, 3.63) is 42.1 Å². The average Bonchev–Trinajstić information content (AvgIpc) is 3.36. The largest absolute Gasteiger partial charge is 0.419 e. The van der Waals surface area contributed by atoms with Crippen molar-refractivity contribution in [1.29, 1.82) is 0 Å². The molecule has 0 amide bonds. The van der Waals surface area contributed by atoms with Gasteiger partial charge in [-0.25, -0.2) is 17.8 Å². The maximum Gasteiger partial charge on any atom is 0.419 e. The summed E-state index contributed by atoms with van der Waals surface area (Å²) in [5.74, 6) is -1.64. The second kappa shape index (κ2) is 8.64.